The number of anilines is 1. The van der Waals surface area contributed by atoms with Crippen molar-refractivity contribution in [1.29, 1.82) is 0 Å². The third-order valence-corrected chi connectivity index (χ3v) is 6.68. The molecule has 3 aromatic rings. The first-order valence-corrected chi connectivity index (χ1v) is 10.9. The predicted octanol–water partition coefficient (Wildman–Crippen LogP) is 4.22. The van der Waals surface area contributed by atoms with Crippen LogP contribution >= 0.6 is 11.3 Å². The summed E-state index contributed by atoms with van der Waals surface area (Å²) in [6, 6.07) is 19.4. The molecule has 0 aliphatic heterocycles. The molecule has 7 heteroatoms. The van der Waals surface area contributed by atoms with Gasteiger partial charge in [-0.3, -0.25) is 4.79 Å². The van der Waals surface area contributed by atoms with Crippen LogP contribution < -0.4 is 5.32 Å². The van der Waals surface area contributed by atoms with Crippen LogP contribution in [0.5, 0.6) is 0 Å². The second kappa shape index (κ2) is 8.97. The van der Waals surface area contributed by atoms with Crippen molar-refractivity contribution in [2.45, 2.75) is 11.4 Å². The number of carbonyl (C=O) groups is 1. The average Bonchev–Trinajstić information content (AvgIpc) is 3.21. The zero-order chi connectivity index (χ0) is 20.0. The molecule has 0 spiro atoms. The Hall–Kier alpha value is -2.74. The number of nitrogens with one attached hydrogen (secondary N) is 1. The van der Waals surface area contributed by atoms with E-state index in [1.54, 1.807) is 36.6 Å². The normalized spacial score (nSPS) is 11.8. The van der Waals surface area contributed by atoms with Gasteiger partial charge in [0.2, 0.25) is 15.9 Å². The monoisotopic (exact) mass is 412 g/mol. The van der Waals surface area contributed by atoms with E-state index >= 15 is 0 Å². The van der Waals surface area contributed by atoms with Crippen molar-refractivity contribution in [2.75, 3.05) is 12.4 Å². The van der Waals surface area contributed by atoms with E-state index in [9.17, 15) is 13.2 Å². The van der Waals surface area contributed by atoms with Gasteiger partial charge in [-0.25, -0.2) is 8.42 Å². The number of hydrogen-bond acceptors (Lipinski definition) is 4. The first kappa shape index (κ1) is 20.0. The summed E-state index contributed by atoms with van der Waals surface area (Å²) in [6.45, 7) is 0.287. The van der Waals surface area contributed by atoms with E-state index < -0.39 is 10.0 Å². The van der Waals surface area contributed by atoms with Gasteiger partial charge in [0.1, 0.15) is 0 Å². The zero-order valence-electron chi connectivity index (χ0n) is 15.3. The van der Waals surface area contributed by atoms with Crippen LogP contribution in [0.25, 0.3) is 6.08 Å². The quantitative estimate of drug-likeness (QED) is 0.591. The number of sulfonamides is 1. The summed E-state index contributed by atoms with van der Waals surface area (Å²) in [7, 11) is -2.07. The summed E-state index contributed by atoms with van der Waals surface area (Å²) in [5, 5.41) is 4.66. The molecule has 28 heavy (non-hydrogen) atoms. The van der Waals surface area contributed by atoms with Gasteiger partial charge in [0, 0.05) is 30.2 Å². The van der Waals surface area contributed by atoms with Crippen molar-refractivity contribution in [2.24, 2.45) is 0 Å². The number of benzene rings is 2. The van der Waals surface area contributed by atoms with Gasteiger partial charge in [0.15, 0.2) is 0 Å². The molecule has 0 atom stereocenters. The van der Waals surface area contributed by atoms with Crippen LogP contribution in [0.4, 0.5) is 5.69 Å². The number of rotatable bonds is 7. The summed E-state index contributed by atoms with van der Waals surface area (Å²) in [5.41, 5.74) is 1.44. The lowest BCUT2D eigenvalue weighted by Crippen LogP contribution is -2.26. The summed E-state index contributed by atoms with van der Waals surface area (Å²) in [4.78, 5) is 13.1. The molecule has 1 N–H and O–H groups in total. The highest BCUT2D eigenvalue weighted by Gasteiger charge is 2.20. The van der Waals surface area contributed by atoms with Crippen molar-refractivity contribution in [3.05, 3.63) is 88.6 Å². The fourth-order valence-electron chi connectivity index (χ4n) is 2.54. The lowest BCUT2D eigenvalue weighted by atomic mass is 10.2. The lowest BCUT2D eigenvalue weighted by Gasteiger charge is -2.17. The number of nitrogens with zero attached hydrogens (tertiary/aromatic N) is 1. The van der Waals surface area contributed by atoms with E-state index in [1.807, 2.05) is 47.8 Å². The lowest BCUT2D eigenvalue weighted by molar-refractivity contribution is -0.111. The van der Waals surface area contributed by atoms with E-state index in [-0.39, 0.29) is 17.3 Å². The largest absolute Gasteiger partial charge is 0.323 e. The number of carbonyl (C=O) groups excluding carboxylic acids is 1. The highest BCUT2D eigenvalue weighted by atomic mass is 32.2. The number of hydrogen-bond donors (Lipinski definition) is 1. The van der Waals surface area contributed by atoms with Crippen LogP contribution in [-0.2, 0) is 21.4 Å². The van der Waals surface area contributed by atoms with Gasteiger partial charge in [-0.2, -0.15) is 4.31 Å². The van der Waals surface area contributed by atoms with Gasteiger partial charge in [0.05, 0.1) is 4.90 Å². The van der Waals surface area contributed by atoms with Crippen LogP contribution in [0.15, 0.2) is 83.1 Å². The average molecular weight is 413 g/mol. The summed E-state index contributed by atoms with van der Waals surface area (Å²) in [6.07, 6.45) is 3.18. The molecule has 144 valence electrons. The SMILES string of the molecule is CN(Cc1ccccc1)S(=O)(=O)c1ccc(NC(=O)/C=C/c2cccs2)cc1. The Labute approximate surface area is 169 Å². The Morgan fingerprint density at radius 2 is 1.75 bits per heavy atom. The van der Waals surface area contributed by atoms with Crippen molar-refractivity contribution in [3.8, 4) is 0 Å². The fourth-order valence-corrected chi connectivity index (χ4v) is 4.32. The minimum absolute atomic E-state index is 0.179. The van der Waals surface area contributed by atoms with Gasteiger partial charge < -0.3 is 5.32 Å². The van der Waals surface area contributed by atoms with Gasteiger partial charge in [0.25, 0.3) is 0 Å². The molecule has 0 unspecified atom stereocenters. The van der Waals surface area contributed by atoms with E-state index in [0.717, 1.165) is 10.4 Å². The molecule has 0 aliphatic carbocycles. The molecule has 1 aromatic heterocycles. The molecule has 5 nitrogen and oxygen atoms in total. The van der Waals surface area contributed by atoms with Crippen LogP contribution in [0, 0.1) is 0 Å². The maximum absolute atomic E-state index is 12.7. The molecule has 1 amide bonds. The van der Waals surface area contributed by atoms with Gasteiger partial charge in [-0.05, 0) is 47.4 Å². The van der Waals surface area contributed by atoms with Crippen LogP contribution in [0.2, 0.25) is 0 Å². The van der Waals surface area contributed by atoms with E-state index in [2.05, 4.69) is 5.32 Å². The molecular weight excluding hydrogens is 392 g/mol. The van der Waals surface area contributed by atoms with Crippen molar-refractivity contribution < 1.29 is 13.2 Å². The van der Waals surface area contributed by atoms with Crippen molar-refractivity contribution in [3.63, 3.8) is 0 Å². The number of thiophene rings is 1. The molecule has 0 aliphatic rings. The topological polar surface area (TPSA) is 66.5 Å². The van der Waals surface area contributed by atoms with Gasteiger partial charge in [-0.15, -0.1) is 11.3 Å². The standard InChI is InChI=1S/C21H20N2O3S2/c1-23(16-17-6-3-2-4-7-17)28(25,26)20-12-9-18(10-13-20)22-21(24)14-11-19-8-5-15-27-19/h2-15H,16H2,1H3,(H,22,24)/b14-11+. The molecule has 3 rings (SSSR count). The Balaban J connectivity index is 1.64. The first-order chi connectivity index (χ1) is 13.4. The molecule has 0 saturated carbocycles. The first-order valence-electron chi connectivity index (χ1n) is 8.58. The summed E-state index contributed by atoms with van der Waals surface area (Å²) < 4.78 is 26.8. The highest BCUT2D eigenvalue weighted by molar-refractivity contribution is 7.89. The van der Waals surface area contributed by atoms with E-state index in [0.29, 0.717) is 5.69 Å². The maximum Gasteiger partial charge on any atom is 0.248 e. The maximum atomic E-state index is 12.7. The zero-order valence-corrected chi connectivity index (χ0v) is 16.9. The molecule has 1 heterocycles. The van der Waals surface area contributed by atoms with E-state index in [4.69, 9.17) is 0 Å². The molecule has 0 fully saturated rings. The second-order valence-corrected chi connectivity index (χ2v) is 9.13. The molecule has 0 radical (unpaired) electrons. The second-order valence-electron chi connectivity index (χ2n) is 6.11. The smallest absolute Gasteiger partial charge is 0.248 e. The predicted molar refractivity (Wildman–Crippen MR) is 114 cm³/mol. The number of amides is 1. The summed E-state index contributed by atoms with van der Waals surface area (Å²) >= 11 is 1.54. The fraction of sp³-hybridized carbons (Fsp3) is 0.0952. The van der Waals surface area contributed by atoms with Crippen LogP contribution in [0.1, 0.15) is 10.4 Å². The van der Waals surface area contributed by atoms with E-state index in [1.165, 1.54) is 22.5 Å². The third kappa shape index (κ3) is 5.16. The van der Waals surface area contributed by atoms with Crippen molar-refractivity contribution >= 4 is 39.0 Å². The van der Waals surface area contributed by atoms with Gasteiger partial charge >= 0.3 is 0 Å². The third-order valence-electron chi connectivity index (χ3n) is 4.02. The Kier molecular flexibility index (Phi) is 6.41. The molecular formula is C21H20N2O3S2. The minimum atomic E-state index is -3.61. The Morgan fingerprint density at radius 3 is 2.39 bits per heavy atom. The molecule has 0 bridgehead atoms. The Morgan fingerprint density at radius 1 is 1.04 bits per heavy atom. The van der Waals surface area contributed by atoms with Crippen molar-refractivity contribution in [1.82, 2.24) is 4.31 Å². The minimum Gasteiger partial charge on any atom is -0.323 e. The van der Waals surface area contributed by atoms with Crippen LogP contribution in [-0.4, -0.2) is 25.7 Å². The molecule has 0 saturated heterocycles. The molecule has 2 aromatic carbocycles. The highest BCUT2D eigenvalue weighted by Crippen LogP contribution is 2.19. The summed E-state index contributed by atoms with van der Waals surface area (Å²) in [5.74, 6) is -0.273. The van der Waals surface area contributed by atoms with Gasteiger partial charge in [-0.1, -0.05) is 36.4 Å². The van der Waals surface area contributed by atoms with Crippen LogP contribution in [0.3, 0.4) is 0 Å². The Bertz CT molecular complexity index is 1040.